The summed E-state index contributed by atoms with van der Waals surface area (Å²) >= 11 is 0.468. The maximum atomic E-state index is 13.1. The summed E-state index contributed by atoms with van der Waals surface area (Å²) in [6, 6.07) is 12.0. The number of rotatable bonds is 6. The van der Waals surface area contributed by atoms with E-state index in [2.05, 4.69) is 4.98 Å². The number of benzene rings is 1. The number of amides is 2. The molecule has 0 atom stereocenters. The van der Waals surface area contributed by atoms with Gasteiger partial charge in [-0.3, -0.25) is 14.4 Å². The van der Waals surface area contributed by atoms with Crippen molar-refractivity contribution >= 4 is 44.6 Å². The van der Waals surface area contributed by atoms with Gasteiger partial charge in [0.2, 0.25) is 5.91 Å². The van der Waals surface area contributed by atoms with Gasteiger partial charge in [0, 0.05) is 18.2 Å². The second-order valence-electron chi connectivity index (χ2n) is 6.93. The molecule has 0 unspecified atom stereocenters. The Labute approximate surface area is 181 Å². The number of carbonyl (C=O) groups excluding carboxylic acids is 3. The molecule has 0 aliphatic carbocycles. The number of aromatic nitrogens is 1. The first-order chi connectivity index (χ1) is 14.7. The highest BCUT2D eigenvalue weighted by molar-refractivity contribution is 7.94. The van der Waals surface area contributed by atoms with Gasteiger partial charge in [-0.2, -0.15) is 4.39 Å². The number of carbonyl (C=O) groups is 3. The lowest BCUT2D eigenvalue weighted by atomic mass is 9.98. The first-order valence-corrected chi connectivity index (χ1v) is 11.6. The summed E-state index contributed by atoms with van der Waals surface area (Å²) in [7, 11) is -3.92. The molecular weight excluding hydrogens is 443 g/mol. The van der Waals surface area contributed by atoms with Crippen LogP contribution in [0, 0.1) is 5.13 Å². The molecule has 0 fully saturated rings. The van der Waals surface area contributed by atoms with Crippen molar-refractivity contribution < 1.29 is 27.2 Å². The van der Waals surface area contributed by atoms with E-state index in [1.807, 2.05) is 0 Å². The van der Waals surface area contributed by atoms with Crippen molar-refractivity contribution in [2.45, 2.75) is 17.1 Å². The lowest BCUT2D eigenvalue weighted by Gasteiger charge is -2.25. The molecular formula is C21H15FN2O5S2. The number of pyridine rings is 1. The third-order valence-corrected chi connectivity index (χ3v) is 7.82. The van der Waals surface area contributed by atoms with E-state index in [9.17, 15) is 27.2 Å². The van der Waals surface area contributed by atoms with Crippen LogP contribution in [0.5, 0.6) is 0 Å². The van der Waals surface area contributed by atoms with Gasteiger partial charge in [-0.1, -0.05) is 35.6 Å². The minimum absolute atomic E-state index is 0.0744. The maximum Gasteiger partial charge on any atom is 0.266 e. The van der Waals surface area contributed by atoms with E-state index in [-0.39, 0.29) is 22.9 Å². The molecule has 0 saturated carbocycles. The van der Waals surface area contributed by atoms with E-state index in [1.165, 1.54) is 18.3 Å². The van der Waals surface area contributed by atoms with Crippen molar-refractivity contribution in [3.63, 3.8) is 0 Å². The van der Waals surface area contributed by atoms with E-state index in [4.69, 9.17) is 0 Å². The summed E-state index contributed by atoms with van der Waals surface area (Å²) in [6.45, 7) is 0. The van der Waals surface area contributed by atoms with Crippen molar-refractivity contribution in [3.8, 4) is 0 Å². The van der Waals surface area contributed by atoms with Crippen LogP contribution in [0.25, 0.3) is 0 Å². The van der Waals surface area contributed by atoms with Crippen LogP contribution < -0.4 is 4.90 Å². The summed E-state index contributed by atoms with van der Waals surface area (Å²) in [5, 5.41) is -0.643. The van der Waals surface area contributed by atoms with Gasteiger partial charge in [0.25, 0.3) is 5.91 Å². The number of Topliss-reactive ketones (excluding diaryl/α,β-unsaturated/α-hetero) is 1. The van der Waals surface area contributed by atoms with Crippen molar-refractivity contribution in [2.24, 2.45) is 0 Å². The summed E-state index contributed by atoms with van der Waals surface area (Å²) in [5.74, 6) is -2.09. The van der Waals surface area contributed by atoms with E-state index in [0.29, 0.717) is 28.0 Å². The average molecular weight is 458 g/mol. The molecule has 1 aliphatic heterocycles. The minimum atomic E-state index is -3.92. The second kappa shape index (κ2) is 8.12. The minimum Gasteiger partial charge on any atom is -0.298 e. The van der Waals surface area contributed by atoms with Crippen LogP contribution in [0.4, 0.5) is 10.2 Å². The Hall–Kier alpha value is -3.24. The quantitative estimate of drug-likeness (QED) is 0.526. The monoisotopic (exact) mass is 458 g/mol. The Morgan fingerprint density at radius 1 is 1.10 bits per heavy atom. The first kappa shape index (κ1) is 21.0. The van der Waals surface area contributed by atoms with Crippen LogP contribution in [0.15, 0.2) is 58.9 Å². The lowest BCUT2D eigenvalue weighted by Crippen LogP contribution is -2.42. The highest BCUT2D eigenvalue weighted by Gasteiger charge is 2.32. The number of ketones is 1. The number of sulfone groups is 1. The molecule has 0 radical (unpaired) electrons. The van der Waals surface area contributed by atoms with Gasteiger partial charge >= 0.3 is 0 Å². The van der Waals surface area contributed by atoms with E-state index < -0.39 is 38.3 Å². The van der Waals surface area contributed by atoms with Crippen LogP contribution in [-0.2, 0) is 32.3 Å². The number of anilines is 1. The standard InChI is InChI=1S/C21H15FN2O5S2/c22-17-6-8-20(30-17)31(28,29)12-15(25)9-13-5-7-18(23-11-13)24-19(26)10-14-3-1-2-4-16(14)21(24)27/h1-8,11H,9-10,12H2. The highest BCUT2D eigenvalue weighted by Crippen LogP contribution is 2.25. The number of halogens is 1. The number of fused-ring (bicyclic) bond motifs is 1. The van der Waals surface area contributed by atoms with Crippen molar-refractivity contribution in [1.29, 1.82) is 0 Å². The first-order valence-electron chi connectivity index (χ1n) is 9.14. The second-order valence-corrected chi connectivity index (χ2v) is 10.2. The van der Waals surface area contributed by atoms with Gasteiger partial charge in [-0.25, -0.2) is 18.3 Å². The summed E-state index contributed by atoms with van der Waals surface area (Å²) < 4.78 is 37.3. The molecule has 0 saturated heterocycles. The molecule has 3 heterocycles. The molecule has 31 heavy (non-hydrogen) atoms. The lowest BCUT2D eigenvalue weighted by molar-refractivity contribution is -0.118. The third kappa shape index (κ3) is 4.30. The van der Waals surface area contributed by atoms with E-state index in [1.54, 1.807) is 24.3 Å². The molecule has 4 rings (SSSR count). The Morgan fingerprint density at radius 2 is 1.87 bits per heavy atom. The van der Waals surface area contributed by atoms with Gasteiger partial charge < -0.3 is 0 Å². The molecule has 158 valence electrons. The van der Waals surface area contributed by atoms with Gasteiger partial charge in [0.05, 0.1) is 6.42 Å². The number of imide groups is 1. The molecule has 0 spiro atoms. The fourth-order valence-electron chi connectivity index (χ4n) is 3.27. The number of thiophene rings is 1. The molecule has 0 bridgehead atoms. The molecule has 7 nitrogen and oxygen atoms in total. The number of hydrogen-bond acceptors (Lipinski definition) is 7. The molecule has 10 heteroatoms. The SMILES string of the molecule is O=C(Cc1ccc(N2C(=O)Cc3ccccc3C2=O)nc1)CS(=O)(=O)c1ccc(F)s1. The number of hydrogen-bond donors (Lipinski definition) is 0. The van der Waals surface area contributed by atoms with Crippen LogP contribution in [-0.4, -0.2) is 36.8 Å². The van der Waals surface area contributed by atoms with Crippen LogP contribution in [0.3, 0.4) is 0 Å². The van der Waals surface area contributed by atoms with Gasteiger partial charge in [0.15, 0.2) is 20.8 Å². The summed E-state index contributed by atoms with van der Waals surface area (Å²) in [4.78, 5) is 42.5. The Bertz CT molecular complexity index is 1300. The molecule has 1 aromatic carbocycles. The summed E-state index contributed by atoms with van der Waals surface area (Å²) in [5.41, 5.74) is 1.51. The van der Waals surface area contributed by atoms with Gasteiger partial charge in [0.1, 0.15) is 15.8 Å². The van der Waals surface area contributed by atoms with Gasteiger partial charge in [-0.05, 0) is 35.4 Å². The molecule has 2 aromatic heterocycles. The normalized spacial score (nSPS) is 13.9. The van der Waals surface area contributed by atoms with Crippen LogP contribution >= 0.6 is 11.3 Å². The van der Waals surface area contributed by atoms with E-state index >= 15 is 0 Å². The third-order valence-electron chi connectivity index (χ3n) is 4.69. The van der Waals surface area contributed by atoms with Crippen molar-refractivity contribution in [1.82, 2.24) is 4.98 Å². The van der Waals surface area contributed by atoms with Crippen molar-refractivity contribution in [3.05, 3.63) is 76.5 Å². The highest BCUT2D eigenvalue weighted by atomic mass is 32.2. The molecule has 2 amide bonds. The van der Waals surface area contributed by atoms with E-state index in [0.717, 1.165) is 17.0 Å². The van der Waals surface area contributed by atoms with Crippen LogP contribution in [0.2, 0.25) is 0 Å². The van der Waals surface area contributed by atoms with Crippen molar-refractivity contribution in [2.75, 3.05) is 10.7 Å². The fraction of sp³-hybridized carbons (Fsp3) is 0.143. The zero-order valence-corrected chi connectivity index (χ0v) is 17.6. The zero-order valence-electron chi connectivity index (χ0n) is 15.9. The smallest absolute Gasteiger partial charge is 0.266 e. The fourth-order valence-corrected chi connectivity index (χ4v) is 5.60. The Balaban J connectivity index is 1.47. The summed E-state index contributed by atoms with van der Waals surface area (Å²) in [6.07, 6.45) is 1.20. The predicted octanol–water partition coefficient (Wildman–Crippen LogP) is 2.60. The predicted molar refractivity (Wildman–Crippen MR) is 111 cm³/mol. The largest absolute Gasteiger partial charge is 0.298 e. The Kier molecular flexibility index (Phi) is 5.50. The topological polar surface area (TPSA) is 101 Å². The zero-order chi connectivity index (χ0) is 22.2. The molecule has 1 aliphatic rings. The van der Waals surface area contributed by atoms with Crippen LogP contribution in [0.1, 0.15) is 21.5 Å². The molecule has 0 N–H and O–H groups in total. The average Bonchev–Trinajstić information content (AvgIpc) is 3.16. The Morgan fingerprint density at radius 3 is 2.55 bits per heavy atom. The molecule has 3 aromatic rings. The maximum absolute atomic E-state index is 13.1. The van der Waals surface area contributed by atoms with Gasteiger partial charge in [-0.15, -0.1) is 0 Å². The number of nitrogens with zero attached hydrogens (tertiary/aromatic N) is 2.